The average Bonchev–Trinajstić information content (AvgIpc) is 2.69. The van der Waals surface area contributed by atoms with Crippen molar-refractivity contribution in [3.05, 3.63) is 16.1 Å². The molecule has 2 atom stereocenters. The van der Waals surface area contributed by atoms with Crippen LogP contribution >= 0.6 is 11.3 Å². The van der Waals surface area contributed by atoms with Gasteiger partial charge >= 0.3 is 0 Å². The molecule has 3 nitrogen and oxygen atoms in total. The van der Waals surface area contributed by atoms with Crippen molar-refractivity contribution in [2.24, 2.45) is 5.92 Å². The highest BCUT2D eigenvalue weighted by molar-refractivity contribution is 7.09. The van der Waals surface area contributed by atoms with Crippen LogP contribution in [0.3, 0.4) is 0 Å². The molecule has 2 rings (SSSR count). The monoisotopic (exact) mass is 267 g/mol. The smallest absolute Gasteiger partial charge is 0.0798 e. The summed E-state index contributed by atoms with van der Waals surface area (Å²) in [5.74, 6) is 0.842. The zero-order valence-electron chi connectivity index (χ0n) is 11.8. The second kappa shape index (κ2) is 6.64. The van der Waals surface area contributed by atoms with Crippen molar-refractivity contribution in [3.63, 3.8) is 0 Å². The van der Waals surface area contributed by atoms with Crippen molar-refractivity contribution in [2.75, 3.05) is 20.1 Å². The van der Waals surface area contributed by atoms with Gasteiger partial charge < -0.3 is 5.32 Å². The van der Waals surface area contributed by atoms with Crippen LogP contribution in [0.15, 0.2) is 5.51 Å². The number of aryl methyl sites for hydroxylation is 1. The Labute approximate surface area is 115 Å². The molecule has 0 aliphatic heterocycles. The van der Waals surface area contributed by atoms with Gasteiger partial charge in [-0.15, -0.1) is 11.3 Å². The van der Waals surface area contributed by atoms with Crippen LogP contribution < -0.4 is 5.32 Å². The lowest BCUT2D eigenvalue weighted by molar-refractivity contribution is 0.0788. The lowest BCUT2D eigenvalue weighted by Gasteiger charge is -2.43. The van der Waals surface area contributed by atoms with Gasteiger partial charge in [-0.3, -0.25) is 4.90 Å². The Morgan fingerprint density at radius 3 is 2.89 bits per heavy atom. The van der Waals surface area contributed by atoms with E-state index in [1.807, 2.05) is 5.51 Å². The first kappa shape index (κ1) is 14.0. The molecule has 0 bridgehead atoms. The van der Waals surface area contributed by atoms with E-state index in [1.54, 1.807) is 11.3 Å². The molecule has 1 heterocycles. The number of rotatable bonds is 7. The predicted octanol–water partition coefficient (Wildman–Crippen LogP) is 2.66. The first-order chi connectivity index (χ1) is 8.72. The molecule has 18 heavy (non-hydrogen) atoms. The van der Waals surface area contributed by atoms with Crippen molar-refractivity contribution in [1.29, 1.82) is 0 Å². The third-order valence-electron chi connectivity index (χ3n) is 4.01. The van der Waals surface area contributed by atoms with Gasteiger partial charge in [0.1, 0.15) is 0 Å². The third kappa shape index (κ3) is 3.31. The van der Waals surface area contributed by atoms with Crippen LogP contribution in [0.5, 0.6) is 0 Å². The number of hydrogen-bond acceptors (Lipinski definition) is 4. The first-order valence-electron chi connectivity index (χ1n) is 7.02. The van der Waals surface area contributed by atoms with Crippen molar-refractivity contribution in [2.45, 2.75) is 45.7 Å². The maximum absolute atomic E-state index is 4.33. The van der Waals surface area contributed by atoms with Gasteiger partial charge in [-0.1, -0.05) is 6.92 Å². The molecule has 0 saturated heterocycles. The van der Waals surface area contributed by atoms with E-state index >= 15 is 0 Å². The number of hydrogen-bond donors (Lipinski definition) is 1. The second-order valence-electron chi connectivity index (χ2n) is 5.38. The Morgan fingerprint density at radius 1 is 1.50 bits per heavy atom. The summed E-state index contributed by atoms with van der Waals surface area (Å²) in [6.45, 7) is 7.74. The van der Waals surface area contributed by atoms with Crippen molar-refractivity contribution < 1.29 is 0 Å². The minimum atomic E-state index is 0.760. The van der Waals surface area contributed by atoms with E-state index in [4.69, 9.17) is 0 Å². The maximum atomic E-state index is 4.33. The number of aromatic nitrogens is 1. The summed E-state index contributed by atoms with van der Waals surface area (Å²) in [5.41, 5.74) is 3.16. The standard InChI is InChI=1S/C14H25N3S/c1-4-7-15-8-12-5-6-13(12)17(3)9-14-11(2)16-10-18-14/h10,12-13,15H,4-9H2,1-3H3. The molecule has 0 radical (unpaired) electrons. The Kier molecular flexibility index (Phi) is 5.15. The number of nitrogens with zero attached hydrogens (tertiary/aromatic N) is 2. The summed E-state index contributed by atoms with van der Waals surface area (Å²) in [5, 5.41) is 3.56. The molecule has 2 unspecified atom stereocenters. The molecule has 1 aliphatic carbocycles. The Hall–Kier alpha value is -0.450. The minimum Gasteiger partial charge on any atom is -0.316 e. The predicted molar refractivity (Wildman–Crippen MR) is 78.0 cm³/mol. The van der Waals surface area contributed by atoms with E-state index in [9.17, 15) is 0 Å². The summed E-state index contributed by atoms with van der Waals surface area (Å²) in [6.07, 6.45) is 3.97. The normalized spacial score (nSPS) is 23.3. The molecule has 1 N–H and O–H groups in total. The molecule has 1 saturated carbocycles. The fourth-order valence-electron chi connectivity index (χ4n) is 2.66. The molecule has 102 valence electrons. The average molecular weight is 267 g/mol. The van der Waals surface area contributed by atoms with Gasteiger partial charge in [0.05, 0.1) is 11.2 Å². The molecule has 0 spiro atoms. The van der Waals surface area contributed by atoms with Crippen LogP contribution in [0.4, 0.5) is 0 Å². The largest absolute Gasteiger partial charge is 0.316 e. The Bertz CT molecular complexity index is 364. The summed E-state index contributed by atoms with van der Waals surface area (Å²) in [4.78, 5) is 8.27. The van der Waals surface area contributed by atoms with Crippen LogP contribution in [0.1, 0.15) is 36.8 Å². The first-order valence-corrected chi connectivity index (χ1v) is 7.90. The van der Waals surface area contributed by atoms with Gasteiger partial charge in [0.2, 0.25) is 0 Å². The van der Waals surface area contributed by atoms with Gasteiger partial charge in [0.25, 0.3) is 0 Å². The molecule has 4 heteroatoms. The van der Waals surface area contributed by atoms with Crippen LogP contribution in [0.25, 0.3) is 0 Å². The van der Waals surface area contributed by atoms with Crippen LogP contribution in [-0.4, -0.2) is 36.1 Å². The molecule has 1 aromatic heterocycles. The molecular formula is C14H25N3S. The Morgan fingerprint density at radius 2 is 2.33 bits per heavy atom. The quantitative estimate of drug-likeness (QED) is 0.770. The van der Waals surface area contributed by atoms with E-state index in [-0.39, 0.29) is 0 Å². The summed E-state index contributed by atoms with van der Waals surface area (Å²) < 4.78 is 0. The van der Waals surface area contributed by atoms with Gasteiger partial charge in [-0.2, -0.15) is 0 Å². The topological polar surface area (TPSA) is 28.2 Å². The highest BCUT2D eigenvalue weighted by Crippen LogP contribution is 2.32. The van der Waals surface area contributed by atoms with Crippen molar-refractivity contribution in [1.82, 2.24) is 15.2 Å². The molecule has 1 fully saturated rings. The molecular weight excluding hydrogens is 242 g/mol. The van der Waals surface area contributed by atoms with E-state index in [2.05, 4.69) is 36.1 Å². The summed E-state index contributed by atoms with van der Waals surface area (Å²) in [7, 11) is 2.26. The van der Waals surface area contributed by atoms with Crippen LogP contribution in [-0.2, 0) is 6.54 Å². The van der Waals surface area contributed by atoms with Crippen molar-refractivity contribution >= 4 is 11.3 Å². The SMILES string of the molecule is CCCNCC1CCC1N(C)Cc1scnc1C. The van der Waals surface area contributed by atoms with Gasteiger partial charge in [-0.25, -0.2) is 4.98 Å². The van der Waals surface area contributed by atoms with E-state index in [0.29, 0.717) is 0 Å². The van der Waals surface area contributed by atoms with Crippen LogP contribution in [0, 0.1) is 12.8 Å². The van der Waals surface area contributed by atoms with Gasteiger partial charge in [0.15, 0.2) is 0 Å². The number of thiazole rings is 1. The Balaban J connectivity index is 1.79. The third-order valence-corrected chi connectivity index (χ3v) is 4.93. The van der Waals surface area contributed by atoms with Crippen LogP contribution in [0.2, 0.25) is 0 Å². The second-order valence-corrected chi connectivity index (χ2v) is 6.32. The van der Waals surface area contributed by atoms with E-state index in [1.165, 1.54) is 36.4 Å². The zero-order valence-corrected chi connectivity index (χ0v) is 12.6. The maximum Gasteiger partial charge on any atom is 0.0798 e. The fraction of sp³-hybridized carbons (Fsp3) is 0.786. The van der Waals surface area contributed by atoms with Gasteiger partial charge in [0, 0.05) is 17.5 Å². The molecule has 0 amide bonds. The molecule has 0 aromatic carbocycles. The molecule has 1 aliphatic rings. The minimum absolute atomic E-state index is 0.760. The van der Waals surface area contributed by atoms with Gasteiger partial charge in [-0.05, 0) is 52.2 Å². The lowest BCUT2D eigenvalue weighted by atomic mass is 9.78. The summed E-state index contributed by atoms with van der Waals surface area (Å²) >= 11 is 1.78. The summed E-state index contributed by atoms with van der Waals surface area (Å²) in [6, 6.07) is 0.760. The molecule has 1 aromatic rings. The zero-order chi connectivity index (χ0) is 13.0. The highest BCUT2D eigenvalue weighted by atomic mass is 32.1. The fourth-order valence-corrected chi connectivity index (χ4v) is 3.50. The van der Waals surface area contributed by atoms with Crippen molar-refractivity contribution in [3.8, 4) is 0 Å². The van der Waals surface area contributed by atoms with E-state index < -0.39 is 0 Å². The lowest BCUT2D eigenvalue weighted by Crippen LogP contribution is -2.48. The highest BCUT2D eigenvalue weighted by Gasteiger charge is 2.33. The number of nitrogens with one attached hydrogen (secondary N) is 1. The van der Waals surface area contributed by atoms with E-state index in [0.717, 1.165) is 25.0 Å².